The lowest BCUT2D eigenvalue weighted by Crippen LogP contribution is -2.24. The number of hydrogen-bond donors (Lipinski definition) is 1. The van der Waals surface area contributed by atoms with Crippen molar-refractivity contribution in [1.29, 1.82) is 0 Å². The normalized spacial score (nSPS) is 9.82. The monoisotopic (exact) mass is 239 g/mol. The van der Waals surface area contributed by atoms with Crippen LogP contribution in [0.2, 0.25) is 0 Å². The minimum Gasteiger partial charge on any atom is -0.490 e. The Bertz CT molecular complexity index is 392. The average molecular weight is 239 g/mol. The summed E-state index contributed by atoms with van der Waals surface area (Å²) in [5.74, 6) is 1.02. The number of ether oxygens (including phenoxy) is 2. The second kappa shape index (κ2) is 5.98. The van der Waals surface area contributed by atoms with Crippen LogP contribution in [0, 0.1) is 0 Å². The topological polar surface area (TPSA) is 59.0 Å². The van der Waals surface area contributed by atoms with Gasteiger partial charge in [0.05, 0.1) is 18.9 Å². The first kappa shape index (κ1) is 13.2. The van der Waals surface area contributed by atoms with Gasteiger partial charge in [-0.2, -0.15) is 0 Å². The van der Waals surface area contributed by atoms with E-state index in [-0.39, 0.29) is 0 Å². The van der Waals surface area contributed by atoms with E-state index in [9.17, 15) is 4.79 Å². The lowest BCUT2D eigenvalue weighted by Gasteiger charge is -2.19. The fourth-order valence-electron chi connectivity index (χ4n) is 1.43. The Morgan fingerprint density at radius 3 is 2.47 bits per heavy atom. The van der Waals surface area contributed by atoms with Crippen LogP contribution in [0.3, 0.4) is 0 Å². The summed E-state index contributed by atoms with van der Waals surface area (Å²) in [6.07, 6.45) is -1.04. The van der Waals surface area contributed by atoms with E-state index in [1.807, 2.05) is 13.8 Å². The Balaban J connectivity index is 3.18. The second-order valence-corrected chi connectivity index (χ2v) is 3.31. The number of amides is 1. The summed E-state index contributed by atoms with van der Waals surface area (Å²) in [7, 11) is 1.47. The van der Waals surface area contributed by atoms with E-state index in [0.717, 1.165) is 4.90 Å². The largest absolute Gasteiger partial charge is 0.490 e. The van der Waals surface area contributed by atoms with Gasteiger partial charge in [-0.1, -0.05) is 6.07 Å². The molecule has 0 radical (unpaired) electrons. The van der Waals surface area contributed by atoms with Crippen molar-refractivity contribution in [3.05, 3.63) is 18.2 Å². The highest BCUT2D eigenvalue weighted by Crippen LogP contribution is 2.37. The molecule has 0 aliphatic heterocycles. The average Bonchev–Trinajstić information content (AvgIpc) is 2.31. The van der Waals surface area contributed by atoms with E-state index in [1.165, 1.54) is 7.05 Å². The zero-order chi connectivity index (χ0) is 12.8. The van der Waals surface area contributed by atoms with Crippen molar-refractivity contribution in [3.8, 4) is 11.5 Å². The van der Waals surface area contributed by atoms with Gasteiger partial charge in [0.1, 0.15) is 0 Å². The molecule has 0 saturated heterocycles. The maximum atomic E-state index is 11.0. The van der Waals surface area contributed by atoms with Crippen LogP contribution in [0.5, 0.6) is 11.5 Å². The van der Waals surface area contributed by atoms with Crippen molar-refractivity contribution in [3.63, 3.8) is 0 Å². The Morgan fingerprint density at radius 1 is 1.29 bits per heavy atom. The van der Waals surface area contributed by atoms with Gasteiger partial charge in [-0.25, -0.2) is 4.79 Å². The number of carbonyl (C=O) groups is 1. The summed E-state index contributed by atoms with van der Waals surface area (Å²) in [5, 5.41) is 8.98. The summed E-state index contributed by atoms with van der Waals surface area (Å²) >= 11 is 0. The third-order valence-electron chi connectivity index (χ3n) is 2.19. The molecular weight excluding hydrogens is 222 g/mol. The van der Waals surface area contributed by atoms with Gasteiger partial charge in [0.25, 0.3) is 0 Å². The highest BCUT2D eigenvalue weighted by atomic mass is 16.5. The molecule has 0 fully saturated rings. The molecule has 0 heterocycles. The molecule has 5 heteroatoms. The van der Waals surface area contributed by atoms with E-state index in [1.54, 1.807) is 18.2 Å². The second-order valence-electron chi connectivity index (χ2n) is 3.31. The summed E-state index contributed by atoms with van der Waals surface area (Å²) in [4.78, 5) is 12.1. The van der Waals surface area contributed by atoms with Gasteiger partial charge in [-0.3, -0.25) is 4.90 Å². The Hall–Kier alpha value is -1.91. The maximum Gasteiger partial charge on any atom is 0.411 e. The first-order chi connectivity index (χ1) is 8.11. The molecule has 0 aliphatic carbocycles. The van der Waals surface area contributed by atoms with Crippen LogP contribution >= 0.6 is 0 Å². The molecular formula is C12H17NO4. The molecule has 0 saturated carbocycles. The molecule has 0 bridgehead atoms. The Kier molecular flexibility index (Phi) is 4.63. The predicted molar refractivity (Wildman–Crippen MR) is 65.2 cm³/mol. The lowest BCUT2D eigenvalue weighted by molar-refractivity contribution is 0.203. The molecule has 0 spiro atoms. The van der Waals surface area contributed by atoms with Crippen LogP contribution in [-0.2, 0) is 0 Å². The van der Waals surface area contributed by atoms with Crippen molar-refractivity contribution in [2.75, 3.05) is 25.2 Å². The van der Waals surface area contributed by atoms with Gasteiger partial charge in [0, 0.05) is 7.05 Å². The van der Waals surface area contributed by atoms with Crippen LogP contribution in [0.4, 0.5) is 10.5 Å². The van der Waals surface area contributed by atoms with Crippen molar-refractivity contribution >= 4 is 11.8 Å². The minimum absolute atomic E-state index is 0.449. The Morgan fingerprint density at radius 2 is 1.94 bits per heavy atom. The molecule has 1 aromatic rings. The highest BCUT2D eigenvalue weighted by molar-refractivity contribution is 5.88. The smallest absolute Gasteiger partial charge is 0.411 e. The van der Waals surface area contributed by atoms with E-state index in [4.69, 9.17) is 14.6 Å². The molecule has 0 aromatic heterocycles. The van der Waals surface area contributed by atoms with E-state index < -0.39 is 6.09 Å². The number of nitrogens with zero attached hydrogens (tertiary/aromatic N) is 1. The van der Waals surface area contributed by atoms with Crippen molar-refractivity contribution in [2.24, 2.45) is 0 Å². The highest BCUT2D eigenvalue weighted by Gasteiger charge is 2.17. The third-order valence-corrected chi connectivity index (χ3v) is 2.19. The summed E-state index contributed by atoms with van der Waals surface area (Å²) in [5.41, 5.74) is 0.477. The summed E-state index contributed by atoms with van der Waals surface area (Å²) in [6, 6.07) is 5.18. The van der Waals surface area contributed by atoms with Crippen LogP contribution in [-0.4, -0.2) is 31.5 Å². The van der Waals surface area contributed by atoms with Gasteiger partial charge < -0.3 is 14.6 Å². The molecule has 5 nitrogen and oxygen atoms in total. The van der Waals surface area contributed by atoms with E-state index in [0.29, 0.717) is 30.4 Å². The van der Waals surface area contributed by atoms with Gasteiger partial charge in [0.2, 0.25) is 0 Å². The number of rotatable bonds is 5. The number of anilines is 1. The van der Waals surface area contributed by atoms with Gasteiger partial charge in [0.15, 0.2) is 11.5 Å². The maximum absolute atomic E-state index is 11.0. The number of hydrogen-bond acceptors (Lipinski definition) is 3. The van der Waals surface area contributed by atoms with Crippen molar-refractivity contribution < 1.29 is 19.4 Å². The lowest BCUT2D eigenvalue weighted by atomic mass is 10.2. The van der Waals surface area contributed by atoms with E-state index in [2.05, 4.69) is 0 Å². The number of benzene rings is 1. The molecule has 1 rings (SSSR count). The van der Waals surface area contributed by atoms with Crippen LogP contribution in [0.15, 0.2) is 18.2 Å². The summed E-state index contributed by atoms with van der Waals surface area (Å²) in [6.45, 7) is 4.65. The summed E-state index contributed by atoms with van der Waals surface area (Å²) < 4.78 is 10.9. The molecule has 0 aliphatic rings. The van der Waals surface area contributed by atoms with Gasteiger partial charge in [-0.15, -0.1) is 0 Å². The fourth-order valence-corrected chi connectivity index (χ4v) is 1.43. The first-order valence-corrected chi connectivity index (χ1v) is 5.47. The van der Waals surface area contributed by atoms with Crippen LogP contribution < -0.4 is 14.4 Å². The zero-order valence-electron chi connectivity index (χ0n) is 10.3. The molecule has 1 amide bonds. The molecule has 0 unspecified atom stereocenters. The number of carboxylic acid groups (broad SMARTS) is 1. The van der Waals surface area contributed by atoms with Crippen molar-refractivity contribution in [1.82, 2.24) is 0 Å². The van der Waals surface area contributed by atoms with Gasteiger partial charge in [-0.05, 0) is 26.0 Å². The van der Waals surface area contributed by atoms with Gasteiger partial charge >= 0.3 is 6.09 Å². The third kappa shape index (κ3) is 3.03. The minimum atomic E-state index is -1.04. The SMILES string of the molecule is CCOc1cccc(N(C)C(=O)O)c1OCC. The molecule has 0 atom stereocenters. The standard InChI is InChI=1S/C12H17NO4/c1-4-16-10-8-6-7-9(11(10)17-5-2)13(3)12(14)15/h6-8H,4-5H2,1-3H3,(H,14,15). The van der Waals surface area contributed by atoms with Crippen molar-refractivity contribution in [2.45, 2.75) is 13.8 Å². The first-order valence-electron chi connectivity index (χ1n) is 5.47. The van der Waals surface area contributed by atoms with Crippen LogP contribution in [0.1, 0.15) is 13.8 Å². The Labute approximate surface area is 101 Å². The number of para-hydroxylation sites is 1. The zero-order valence-corrected chi connectivity index (χ0v) is 10.3. The quantitative estimate of drug-likeness (QED) is 0.858. The molecule has 1 aromatic carbocycles. The van der Waals surface area contributed by atoms with Crippen LogP contribution in [0.25, 0.3) is 0 Å². The fraction of sp³-hybridized carbons (Fsp3) is 0.417. The molecule has 94 valence electrons. The molecule has 17 heavy (non-hydrogen) atoms. The predicted octanol–water partition coefficient (Wildman–Crippen LogP) is 2.60. The van der Waals surface area contributed by atoms with E-state index >= 15 is 0 Å². The molecule has 1 N–H and O–H groups in total.